The van der Waals surface area contributed by atoms with Gasteiger partial charge in [0.1, 0.15) is 17.1 Å². The topological polar surface area (TPSA) is 35.5 Å². The van der Waals surface area contributed by atoms with Crippen LogP contribution in [0, 0.1) is 0 Å². The van der Waals surface area contributed by atoms with Gasteiger partial charge in [-0.3, -0.25) is 0 Å². The SMILES string of the molecule is CCOc1ccccc1C(=O)Oc1ccccc1Cl. The van der Waals surface area contributed by atoms with Crippen molar-refractivity contribution in [2.45, 2.75) is 6.92 Å². The van der Waals surface area contributed by atoms with E-state index >= 15 is 0 Å². The van der Waals surface area contributed by atoms with Gasteiger partial charge in [0.25, 0.3) is 0 Å². The highest BCUT2D eigenvalue weighted by molar-refractivity contribution is 6.32. The van der Waals surface area contributed by atoms with Crippen molar-refractivity contribution in [3.63, 3.8) is 0 Å². The smallest absolute Gasteiger partial charge is 0.347 e. The number of ether oxygens (including phenoxy) is 2. The van der Waals surface area contributed by atoms with Gasteiger partial charge < -0.3 is 9.47 Å². The molecule has 0 spiro atoms. The Morgan fingerprint density at radius 2 is 1.68 bits per heavy atom. The van der Waals surface area contributed by atoms with E-state index in [1.165, 1.54) is 0 Å². The lowest BCUT2D eigenvalue weighted by Crippen LogP contribution is -2.11. The van der Waals surface area contributed by atoms with Gasteiger partial charge in [-0.25, -0.2) is 4.79 Å². The van der Waals surface area contributed by atoms with E-state index in [2.05, 4.69) is 0 Å². The van der Waals surface area contributed by atoms with Crippen molar-refractivity contribution in [2.24, 2.45) is 0 Å². The van der Waals surface area contributed by atoms with E-state index in [9.17, 15) is 4.79 Å². The summed E-state index contributed by atoms with van der Waals surface area (Å²) in [5.41, 5.74) is 0.379. The zero-order chi connectivity index (χ0) is 13.7. The number of benzene rings is 2. The zero-order valence-electron chi connectivity index (χ0n) is 10.4. The van der Waals surface area contributed by atoms with Crippen LogP contribution in [0.2, 0.25) is 5.02 Å². The zero-order valence-corrected chi connectivity index (χ0v) is 11.2. The highest BCUT2D eigenvalue weighted by atomic mass is 35.5. The first-order valence-electron chi connectivity index (χ1n) is 5.91. The van der Waals surface area contributed by atoms with Crippen LogP contribution in [-0.4, -0.2) is 12.6 Å². The average molecular weight is 277 g/mol. The lowest BCUT2D eigenvalue weighted by molar-refractivity contribution is 0.0730. The van der Waals surface area contributed by atoms with Crippen LogP contribution >= 0.6 is 11.6 Å². The Bertz CT molecular complexity index is 581. The fourth-order valence-electron chi connectivity index (χ4n) is 1.60. The molecule has 0 bridgehead atoms. The van der Waals surface area contributed by atoms with Crippen LogP contribution in [0.5, 0.6) is 11.5 Å². The van der Waals surface area contributed by atoms with Crippen molar-refractivity contribution in [1.29, 1.82) is 0 Å². The first-order chi connectivity index (χ1) is 9.22. The molecule has 0 saturated heterocycles. The molecule has 0 heterocycles. The molecule has 0 saturated carbocycles. The molecule has 0 aliphatic carbocycles. The number of carbonyl (C=O) groups is 1. The molecule has 0 N–H and O–H groups in total. The third-order valence-corrected chi connectivity index (χ3v) is 2.76. The van der Waals surface area contributed by atoms with Crippen molar-refractivity contribution >= 4 is 17.6 Å². The molecule has 98 valence electrons. The Morgan fingerprint density at radius 3 is 2.37 bits per heavy atom. The Hall–Kier alpha value is -2.00. The molecule has 2 aromatic rings. The molecule has 0 amide bonds. The Kier molecular flexibility index (Phi) is 4.42. The summed E-state index contributed by atoms with van der Waals surface area (Å²) in [6, 6.07) is 13.8. The lowest BCUT2D eigenvalue weighted by atomic mass is 10.2. The first kappa shape index (κ1) is 13.4. The van der Waals surface area contributed by atoms with Gasteiger partial charge in [-0.2, -0.15) is 0 Å². The van der Waals surface area contributed by atoms with Crippen molar-refractivity contribution in [3.05, 3.63) is 59.1 Å². The summed E-state index contributed by atoms with van der Waals surface area (Å²) >= 11 is 5.95. The molecular formula is C15H13ClO3. The second kappa shape index (κ2) is 6.25. The molecule has 3 nitrogen and oxygen atoms in total. The summed E-state index contributed by atoms with van der Waals surface area (Å²) in [6.45, 7) is 2.34. The van der Waals surface area contributed by atoms with Crippen LogP contribution in [0.4, 0.5) is 0 Å². The van der Waals surface area contributed by atoms with E-state index in [1.807, 2.05) is 6.92 Å². The lowest BCUT2D eigenvalue weighted by Gasteiger charge is -2.10. The van der Waals surface area contributed by atoms with E-state index in [0.717, 1.165) is 0 Å². The van der Waals surface area contributed by atoms with Gasteiger partial charge in [-0.15, -0.1) is 0 Å². The summed E-state index contributed by atoms with van der Waals surface area (Å²) in [4.78, 5) is 12.1. The fourth-order valence-corrected chi connectivity index (χ4v) is 1.77. The van der Waals surface area contributed by atoms with Gasteiger partial charge in [0.2, 0.25) is 0 Å². The Balaban J connectivity index is 2.23. The number of para-hydroxylation sites is 2. The summed E-state index contributed by atoms with van der Waals surface area (Å²) in [5.74, 6) is 0.347. The van der Waals surface area contributed by atoms with Crippen LogP contribution in [0.1, 0.15) is 17.3 Å². The predicted molar refractivity (Wildman–Crippen MR) is 74.0 cm³/mol. The van der Waals surface area contributed by atoms with Crippen LogP contribution in [0.15, 0.2) is 48.5 Å². The monoisotopic (exact) mass is 276 g/mol. The number of rotatable bonds is 4. The molecule has 2 aromatic carbocycles. The predicted octanol–water partition coefficient (Wildman–Crippen LogP) is 3.96. The molecule has 4 heteroatoms. The Labute approximate surface area is 116 Å². The molecule has 0 radical (unpaired) electrons. The maximum Gasteiger partial charge on any atom is 0.347 e. The van der Waals surface area contributed by atoms with Crippen molar-refractivity contribution < 1.29 is 14.3 Å². The van der Waals surface area contributed by atoms with Crippen LogP contribution < -0.4 is 9.47 Å². The molecule has 2 rings (SSSR count). The number of hydrogen-bond donors (Lipinski definition) is 0. The first-order valence-corrected chi connectivity index (χ1v) is 6.28. The highest BCUT2D eigenvalue weighted by Crippen LogP contribution is 2.26. The van der Waals surface area contributed by atoms with Gasteiger partial charge in [0.05, 0.1) is 11.6 Å². The van der Waals surface area contributed by atoms with Gasteiger partial charge in [-0.05, 0) is 31.2 Å². The number of halogens is 1. The second-order valence-corrected chi connectivity index (χ2v) is 4.16. The van der Waals surface area contributed by atoms with E-state index in [1.54, 1.807) is 48.5 Å². The van der Waals surface area contributed by atoms with E-state index in [-0.39, 0.29) is 0 Å². The third kappa shape index (κ3) is 3.26. The van der Waals surface area contributed by atoms with Crippen LogP contribution in [0.25, 0.3) is 0 Å². The van der Waals surface area contributed by atoms with Gasteiger partial charge in [0.15, 0.2) is 0 Å². The molecular weight excluding hydrogens is 264 g/mol. The quantitative estimate of drug-likeness (QED) is 0.626. The molecule has 0 aromatic heterocycles. The number of esters is 1. The second-order valence-electron chi connectivity index (χ2n) is 3.75. The Morgan fingerprint density at radius 1 is 1.05 bits per heavy atom. The van der Waals surface area contributed by atoms with Crippen molar-refractivity contribution in [3.8, 4) is 11.5 Å². The third-order valence-electron chi connectivity index (χ3n) is 2.45. The molecule has 0 unspecified atom stereocenters. The van der Waals surface area contributed by atoms with E-state index in [4.69, 9.17) is 21.1 Å². The minimum Gasteiger partial charge on any atom is -0.493 e. The largest absolute Gasteiger partial charge is 0.493 e. The van der Waals surface area contributed by atoms with Crippen molar-refractivity contribution in [1.82, 2.24) is 0 Å². The summed E-state index contributed by atoms with van der Waals surface area (Å²) < 4.78 is 10.7. The van der Waals surface area contributed by atoms with E-state index < -0.39 is 5.97 Å². The average Bonchev–Trinajstić information content (AvgIpc) is 2.42. The molecule has 19 heavy (non-hydrogen) atoms. The fraction of sp³-hybridized carbons (Fsp3) is 0.133. The van der Waals surface area contributed by atoms with Crippen LogP contribution in [0.3, 0.4) is 0 Å². The number of carbonyl (C=O) groups excluding carboxylic acids is 1. The van der Waals surface area contributed by atoms with Gasteiger partial charge in [-0.1, -0.05) is 35.9 Å². The molecule has 0 aliphatic rings. The van der Waals surface area contributed by atoms with E-state index in [0.29, 0.717) is 28.7 Å². The van der Waals surface area contributed by atoms with Gasteiger partial charge in [0, 0.05) is 0 Å². The molecule has 0 atom stereocenters. The van der Waals surface area contributed by atoms with Crippen LogP contribution in [-0.2, 0) is 0 Å². The minimum atomic E-state index is -0.489. The number of hydrogen-bond acceptors (Lipinski definition) is 3. The van der Waals surface area contributed by atoms with Crippen molar-refractivity contribution in [2.75, 3.05) is 6.61 Å². The van der Waals surface area contributed by atoms with Gasteiger partial charge >= 0.3 is 5.97 Å². The minimum absolute atomic E-state index is 0.334. The summed E-state index contributed by atoms with van der Waals surface area (Å²) in [7, 11) is 0. The highest BCUT2D eigenvalue weighted by Gasteiger charge is 2.15. The standard InChI is InChI=1S/C15H13ClO3/c1-2-18-13-9-5-3-7-11(13)15(17)19-14-10-6-4-8-12(14)16/h3-10H,2H2,1H3. The maximum atomic E-state index is 12.1. The molecule has 0 aliphatic heterocycles. The maximum absolute atomic E-state index is 12.1. The normalized spacial score (nSPS) is 10.0. The summed E-state index contributed by atoms with van der Waals surface area (Å²) in [6.07, 6.45) is 0. The summed E-state index contributed by atoms with van der Waals surface area (Å²) in [5, 5.41) is 0.393. The molecule has 0 fully saturated rings.